The van der Waals surface area contributed by atoms with Crippen molar-refractivity contribution in [3.8, 4) is 0 Å². The predicted octanol–water partition coefficient (Wildman–Crippen LogP) is 2.91. The fourth-order valence-electron chi connectivity index (χ4n) is 4.54. The molecule has 0 unspecified atom stereocenters. The van der Waals surface area contributed by atoms with E-state index in [2.05, 4.69) is 0 Å². The Balaban J connectivity index is 0.000000250. The van der Waals surface area contributed by atoms with Gasteiger partial charge in [-0.25, -0.2) is 21.6 Å². The summed E-state index contributed by atoms with van der Waals surface area (Å²) in [5.41, 5.74) is -2.21. The molecule has 16 nitrogen and oxygen atoms in total. The zero-order valence-corrected chi connectivity index (χ0v) is 25.9. The van der Waals surface area contributed by atoms with E-state index in [1.165, 1.54) is 6.08 Å². The number of nitro groups is 2. The van der Waals surface area contributed by atoms with Crippen LogP contribution >= 0.6 is 0 Å². The van der Waals surface area contributed by atoms with E-state index in [1.807, 2.05) is 0 Å². The van der Waals surface area contributed by atoms with Gasteiger partial charge in [0.2, 0.25) is 0 Å². The van der Waals surface area contributed by atoms with Gasteiger partial charge in [0.05, 0.1) is 25.2 Å². The molecule has 0 saturated heterocycles. The van der Waals surface area contributed by atoms with Crippen molar-refractivity contribution in [3.63, 3.8) is 0 Å². The van der Waals surface area contributed by atoms with E-state index in [9.17, 15) is 61.0 Å². The van der Waals surface area contributed by atoms with Crippen molar-refractivity contribution in [3.05, 3.63) is 79.6 Å². The van der Waals surface area contributed by atoms with Gasteiger partial charge in [-0.05, 0) is 37.1 Å². The van der Waals surface area contributed by atoms with Crippen LogP contribution in [-0.2, 0) is 38.8 Å². The van der Waals surface area contributed by atoms with E-state index in [0.29, 0.717) is 25.7 Å². The van der Waals surface area contributed by atoms with Gasteiger partial charge >= 0.3 is 5.97 Å². The Hall–Kier alpha value is -4.97. The average molecular weight is 679 g/mol. The van der Waals surface area contributed by atoms with Gasteiger partial charge in [0.25, 0.3) is 11.4 Å². The molecule has 0 aliphatic heterocycles. The van der Waals surface area contributed by atoms with Gasteiger partial charge in [-0.3, -0.25) is 39.4 Å². The van der Waals surface area contributed by atoms with E-state index < -0.39 is 75.7 Å². The highest BCUT2D eigenvalue weighted by atomic mass is 32.2. The third kappa shape index (κ3) is 8.60. The minimum Gasteiger partial charge on any atom is -0.427 e. The van der Waals surface area contributed by atoms with Crippen molar-refractivity contribution >= 4 is 60.2 Å². The minimum absolute atomic E-state index is 0.0668. The third-order valence-corrected chi connectivity index (χ3v) is 9.04. The largest absolute Gasteiger partial charge is 0.427 e. The second-order valence-electron chi connectivity index (χ2n) is 10.3. The molecule has 1 saturated carbocycles. The fraction of sp³-hybridized carbons (Fsp3) is 0.321. The maximum Gasteiger partial charge on any atom is 0.350 e. The highest BCUT2D eigenvalue weighted by Crippen LogP contribution is 2.29. The summed E-state index contributed by atoms with van der Waals surface area (Å²) in [6.07, 6.45) is 4.75. The van der Waals surface area contributed by atoms with Gasteiger partial charge in [0.1, 0.15) is 17.2 Å². The van der Waals surface area contributed by atoms with E-state index in [0.717, 1.165) is 48.9 Å². The molecule has 2 aliphatic carbocycles. The number of allylic oxidation sites excluding steroid dienone is 2. The first-order valence-electron chi connectivity index (χ1n) is 13.3. The Labute approximate surface area is 261 Å². The summed E-state index contributed by atoms with van der Waals surface area (Å²) in [5, 5.41) is 22.2. The maximum absolute atomic E-state index is 12.4. The molecular weight excluding hydrogens is 652 g/mol. The first-order valence-corrected chi connectivity index (χ1v) is 17.1. The van der Waals surface area contributed by atoms with Crippen LogP contribution in [-0.4, -0.2) is 68.3 Å². The molecule has 0 bridgehead atoms. The number of nitrogens with zero attached hydrogens (tertiary/aromatic N) is 2. The summed E-state index contributed by atoms with van der Waals surface area (Å²) in [5.74, 6) is -4.65. The molecule has 2 aromatic carbocycles. The Morgan fingerprint density at radius 2 is 1.20 bits per heavy atom. The Morgan fingerprint density at radius 1 is 0.739 bits per heavy atom. The number of Topliss-reactive ketones (excluding diaryl/α,β-unsaturated/α-hetero) is 3. The molecule has 4 rings (SSSR count). The van der Waals surface area contributed by atoms with E-state index >= 15 is 0 Å². The number of ether oxygens (including phenoxy) is 1. The number of carbonyl (C=O) groups is 5. The number of esters is 1. The first kappa shape index (κ1) is 35.5. The van der Waals surface area contributed by atoms with Crippen molar-refractivity contribution < 1.29 is 55.4 Å². The number of carbonyl (C=O) groups excluding carboxylic acids is 5. The summed E-state index contributed by atoms with van der Waals surface area (Å²) in [7, 11) is -7.35. The number of nitro benzene ring substituents is 2. The van der Waals surface area contributed by atoms with Crippen molar-refractivity contribution in [2.45, 2.75) is 48.3 Å². The Kier molecular flexibility index (Phi) is 10.8. The standard InChI is InChI=1S/2C14H13NO7S/c1-23(20,21)11-5-6-12(13(8-11)15(18)19)14(17)22-10-4-2-3-9(16)7-10;1-23(21,22)8-5-6-9(10(7-8)15(19)20)14(18)13-11(16)3-2-4-12(13)17/h5-8H,2-4H2,1H3;5-7,13H,2-4H2,1H3. The molecule has 244 valence electrons. The lowest BCUT2D eigenvalue weighted by atomic mass is 9.81. The SMILES string of the molecule is CS(=O)(=O)c1ccc(C(=O)C2C(=O)CCCC2=O)c([N+](=O)[O-])c1.CS(=O)(=O)c1ccc(C(=O)OC2=CC(=O)CCC2)c([N+](=O)[O-])c1. The molecule has 18 heteroatoms. The molecule has 46 heavy (non-hydrogen) atoms. The zero-order valence-electron chi connectivity index (χ0n) is 24.3. The fourth-order valence-corrected chi connectivity index (χ4v) is 5.82. The zero-order chi connectivity index (χ0) is 34.6. The normalized spacial score (nSPS) is 15.7. The Bertz CT molecular complexity index is 1910. The number of ketones is 4. The highest BCUT2D eigenvalue weighted by Gasteiger charge is 2.39. The van der Waals surface area contributed by atoms with E-state index in [4.69, 9.17) is 4.74 Å². The van der Waals surface area contributed by atoms with Crippen LogP contribution < -0.4 is 0 Å². The molecule has 0 amide bonds. The van der Waals surface area contributed by atoms with Gasteiger partial charge < -0.3 is 4.74 Å². The molecule has 0 spiro atoms. The molecule has 0 N–H and O–H groups in total. The van der Waals surface area contributed by atoms with Crippen LogP contribution in [0.2, 0.25) is 0 Å². The van der Waals surface area contributed by atoms with Gasteiger partial charge in [-0.1, -0.05) is 0 Å². The van der Waals surface area contributed by atoms with Crippen molar-refractivity contribution in [2.24, 2.45) is 5.92 Å². The molecule has 2 aromatic rings. The van der Waals surface area contributed by atoms with Crippen LogP contribution in [0.3, 0.4) is 0 Å². The topological polar surface area (TPSA) is 249 Å². The minimum atomic E-state index is -3.70. The number of benzene rings is 2. The first-order chi connectivity index (χ1) is 21.3. The van der Waals surface area contributed by atoms with Crippen LogP contribution in [0.15, 0.2) is 58.0 Å². The lowest BCUT2D eigenvalue weighted by Crippen LogP contribution is -2.35. The van der Waals surface area contributed by atoms with Gasteiger partial charge in [0, 0.05) is 56.4 Å². The second-order valence-corrected chi connectivity index (χ2v) is 14.4. The van der Waals surface area contributed by atoms with Crippen molar-refractivity contribution in [1.82, 2.24) is 0 Å². The second kappa shape index (κ2) is 14.0. The predicted molar refractivity (Wildman–Crippen MR) is 156 cm³/mol. The molecule has 2 aliphatic rings. The van der Waals surface area contributed by atoms with E-state index in [-0.39, 0.29) is 39.7 Å². The average Bonchev–Trinajstić information content (AvgIpc) is 2.95. The molecular formula is C28H26N2O14S2. The van der Waals surface area contributed by atoms with E-state index in [1.54, 1.807) is 0 Å². The van der Waals surface area contributed by atoms with Crippen LogP contribution in [0.5, 0.6) is 0 Å². The smallest absolute Gasteiger partial charge is 0.350 e. The summed E-state index contributed by atoms with van der Waals surface area (Å²) < 4.78 is 50.9. The number of rotatable bonds is 8. The van der Waals surface area contributed by atoms with Crippen LogP contribution in [0.25, 0.3) is 0 Å². The Morgan fingerprint density at radius 3 is 1.65 bits per heavy atom. The highest BCUT2D eigenvalue weighted by molar-refractivity contribution is 7.91. The number of hydrogen-bond acceptors (Lipinski definition) is 14. The molecule has 0 radical (unpaired) electrons. The number of sulfone groups is 2. The lowest BCUT2D eigenvalue weighted by molar-refractivity contribution is -0.385. The lowest BCUT2D eigenvalue weighted by Gasteiger charge is -2.18. The summed E-state index contributed by atoms with van der Waals surface area (Å²) in [6, 6.07) is 5.73. The van der Waals surface area contributed by atoms with Gasteiger partial charge in [0.15, 0.2) is 42.8 Å². The van der Waals surface area contributed by atoms with Crippen molar-refractivity contribution in [1.29, 1.82) is 0 Å². The number of hydrogen-bond donors (Lipinski definition) is 0. The third-order valence-electron chi connectivity index (χ3n) is 6.82. The van der Waals surface area contributed by atoms with Crippen molar-refractivity contribution in [2.75, 3.05) is 12.5 Å². The van der Waals surface area contributed by atoms with Crippen LogP contribution in [0.4, 0.5) is 11.4 Å². The molecule has 1 fully saturated rings. The van der Waals surface area contributed by atoms with Gasteiger partial charge in [-0.15, -0.1) is 0 Å². The van der Waals surface area contributed by atoms with Gasteiger partial charge in [-0.2, -0.15) is 0 Å². The van der Waals surface area contributed by atoms with Crippen LogP contribution in [0.1, 0.15) is 59.2 Å². The maximum atomic E-state index is 12.4. The molecule has 0 atom stereocenters. The quantitative estimate of drug-likeness (QED) is 0.128. The molecule has 0 heterocycles. The summed E-state index contributed by atoms with van der Waals surface area (Å²) in [4.78, 5) is 79.3. The monoisotopic (exact) mass is 678 g/mol. The summed E-state index contributed by atoms with van der Waals surface area (Å²) in [6.45, 7) is 0. The van der Waals surface area contributed by atoms with Crippen LogP contribution in [0, 0.1) is 26.1 Å². The molecule has 0 aromatic heterocycles. The summed E-state index contributed by atoms with van der Waals surface area (Å²) >= 11 is 0.